The maximum Gasteiger partial charge on any atom is 0.254 e. The molecule has 1 amide bonds. The van der Waals surface area contributed by atoms with E-state index in [2.05, 4.69) is 32.5 Å². The highest BCUT2D eigenvalue weighted by molar-refractivity contribution is 5.94. The monoisotopic (exact) mass is 335 g/mol. The lowest BCUT2D eigenvalue weighted by molar-refractivity contribution is 0.0952. The Kier molecular flexibility index (Phi) is 5.51. The second-order valence-corrected chi connectivity index (χ2v) is 5.76. The zero-order valence-electron chi connectivity index (χ0n) is 14.2. The van der Waals surface area contributed by atoms with Crippen molar-refractivity contribution in [1.29, 1.82) is 0 Å². The highest BCUT2D eigenvalue weighted by atomic mass is 16.1. The number of nitrogens with one attached hydrogen (secondary N) is 2. The van der Waals surface area contributed by atoms with Crippen LogP contribution < -0.4 is 10.6 Å². The van der Waals surface area contributed by atoms with Crippen molar-refractivity contribution in [3.8, 4) is 0 Å². The molecule has 0 fully saturated rings. The molecule has 3 aromatic rings. The highest BCUT2D eigenvalue weighted by Gasteiger charge is 2.08. The Labute approximate surface area is 146 Å². The van der Waals surface area contributed by atoms with E-state index < -0.39 is 0 Å². The number of amides is 1. The molecule has 0 radical (unpaired) electrons. The van der Waals surface area contributed by atoms with Crippen molar-refractivity contribution in [2.75, 3.05) is 11.9 Å². The van der Waals surface area contributed by atoms with Crippen LogP contribution >= 0.6 is 0 Å². The SMILES string of the molecule is CCCCCNC(=O)c1cnc(Nc2cccc3cccnc23)nc1. The van der Waals surface area contributed by atoms with Crippen LogP contribution in [0.1, 0.15) is 36.5 Å². The fourth-order valence-electron chi connectivity index (χ4n) is 2.51. The third kappa shape index (κ3) is 4.29. The third-order valence-corrected chi connectivity index (χ3v) is 3.86. The van der Waals surface area contributed by atoms with E-state index in [1.54, 1.807) is 6.20 Å². The Morgan fingerprint density at radius 1 is 1.04 bits per heavy atom. The summed E-state index contributed by atoms with van der Waals surface area (Å²) in [6.45, 7) is 2.81. The summed E-state index contributed by atoms with van der Waals surface area (Å²) in [6.07, 6.45) is 8.03. The summed E-state index contributed by atoms with van der Waals surface area (Å²) in [4.78, 5) is 24.9. The van der Waals surface area contributed by atoms with Gasteiger partial charge in [0.1, 0.15) is 0 Å². The van der Waals surface area contributed by atoms with Gasteiger partial charge >= 0.3 is 0 Å². The standard InChI is InChI=1S/C19H21N5O/c1-2-3-4-10-21-18(25)15-12-22-19(23-13-15)24-16-9-5-7-14-8-6-11-20-17(14)16/h5-9,11-13H,2-4,10H2,1H3,(H,21,25)(H,22,23,24). The van der Waals surface area contributed by atoms with Gasteiger partial charge in [0, 0.05) is 30.5 Å². The van der Waals surface area contributed by atoms with E-state index in [1.807, 2.05) is 30.3 Å². The number of carbonyl (C=O) groups is 1. The van der Waals surface area contributed by atoms with Crippen LogP contribution in [0.4, 0.5) is 11.6 Å². The van der Waals surface area contributed by atoms with Gasteiger partial charge in [0.15, 0.2) is 0 Å². The Bertz CT molecular complexity index is 843. The number of pyridine rings is 1. The molecule has 3 rings (SSSR count). The van der Waals surface area contributed by atoms with Crippen LogP contribution in [0.2, 0.25) is 0 Å². The van der Waals surface area contributed by atoms with Crippen molar-refractivity contribution >= 4 is 28.4 Å². The molecule has 0 aliphatic rings. The Morgan fingerprint density at radius 2 is 1.84 bits per heavy atom. The molecule has 25 heavy (non-hydrogen) atoms. The smallest absolute Gasteiger partial charge is 0.254 e. The third-order valence-electron chi connectivity index (χ3n) is 3.86. The molecule has 0 atom stereocenters. The maximum absolute atomic E-state index is 12.0. The fraction of sp³-hybridized carbons (Fsp3) is 0.263. The summed E-state index contributed by atoms with van der Waals surface area (Å²) >= 11 is 0. The van der Waals surface area contributed by atoms with Crippen LogP contribution in [-0.4, -0.2) is 27.4 Å². The number of benzene rings is 1. The number of hydrogen-bond acceptors (Lipinski definition) is 5. The van der Waals surface area contributed by atoms with Crippen molar-refractivity contribution in [3.05, 3.63) is 54.5 Å². The number of carbonyl (C=O) groups excluding carboxylic acids is 1. The van der Waals surface area contributed by atoms with Gasteiger partial charge in [-0.1, -0.05) is 38.0 Å². The molecule has 1 aromatic carbocycles. The molecule has 0 bridgehead atoms. The fourth-order valence-corrected chi connectivity index (χ4v) is 2.51. The number of fused-ring (bicyclic) bond motifs is 1. The van der Waals surface area contributed by atoms with E-state index in [1.165, 1.54) is 12.4 Å². The predicted octanol–water partition coefficient (Wildman–Crippen LogP) is 3.69. The van der Waals surface area contributed by atoms with E-state index in [4.69, 9.17) is 0 Å². The van der Waals surface area contributed by atoms with Crippen molar-refractivity contribution in [3.63, 3.8) is 0 Å². The lowest BCUT2D eigenvalue weighted by Crippen LogP contribution is -2.24. The number of aromatic nitrogens is 3. The largest absolute Gasteiger partial charge is 0.352 e. The minimum atomic E-state index is -0.144. The van der Waals surface area contributed by atoms with Crippen LogP contribution in [0.25, 0.3) is 10.9 Å². The molecule has 6 nitrogen and oxygen atoms in total. The summed E-state index contributed by atoms with van der Waals surface area (Å²) in [5.74, 6) is 0.287. The zero-order valence-corrected chi connectivity index (χ0v) is 14.2. The van der Waals surface area contributed by atoms with Gasteiger partial charge in [-0.15, -0.1) is 0 Å². The van der Waals surface area contributed by atoms with Crippen molar-refractivity contribution in [2.45, 2.75) is 26.2 Å². The topological polar surface area (TPSA) is 79.8 Å². The average molecular weight is 335 g/mol. The molecule has 128 valence electrons. The second-order valence-electron chi connectivity index (χ2n) is 5.76. The predicted molar refractivity (Wildman–Crippen MR) is 98.9 cm³/mol. The Morgan fingerprint density at radius 3 is 2.64 bits per heavy atom. The lowest BCUT2D eigenvalue weighted by Gasteiger charge is -2.08. The number of rotatable bonds is 7. The second kappa shape index (κ2) is 8.19. The number of nitrogens with zero attached hydrogens (tertiary/aromatic N) is 3. The molecular weight excluding hydrogens is 314 g/mol. The van der Waals surface area contributed by atoms with Gasteiger partial charge in [0.25, 0.3) is 5.91 Å². The average Bonchev–Trinajstić information content (AvgIpc) is 2.66. The first-order valence-electron chi connectivity index (χ1n) is 8.49. The van der Waals surface area contributed by atoms with Gasteiger partial charge < -0.3 is 10.6 Å². The molecule has 6 heteroatoms. The first kappa shape index (κ1) is 16.8. The van der Waals surface area contributed by atoms with Gasteiger partial charge in [-0.2, -0.15) is 0 Å². The molecule has 0 saturated heterocycles. The molecule has 0 aliphatic heterocycles. The molecule has 2 N–H and O–H groups in total. The zero-order chi connectivity index (χ0) is 17.5. The van der Waals surface area contributed by atoms with E-state index in [9.17, 15) is 4.79 Å². The first-order chi connectivity index (χ1) is 12.3. The van der Waals surface area contributed by atoms with E-state index in [-0.39, 0.29) is 5.91 Å². The summed E-state index contributed by atoms with van der Waals surface area (Å²) in [5.41, 5.74) is 2.14. The highest BCUT2D eigenvalue weighted by Crippen LogP contribution is 2.22. The van der Waals surface area contributed by atoms with Gasteiger partial charge in [-0.3, -0.25) is 9.78 Å². The quantitative estimate of drug-likeness (QED) is 0.644. The first-order valence-corrected chi connectivity index (χ1v) is 8.49. The summed E-state index contributed by atoms with van der Waals surface area (Å²) < 4.78 is 0. The molecule has 0 aliphatic carbocycles. The Balaban J connectivity index is 1.67. The molecule has 0 unspecified atom stereocenters. The molecule has 0 saturated carbocycles. The summed E-state index contributed by atoms with van der Waals surface area (Å²) in [7, 11) is 0. The van der Waals surface area contributed by atoms with Gasteiger partial charge in [-0.25, -0.2) is 9.97 Å². The minimum Gasteiger partial charge on any atom is -0.352 e. The van der Waals surface area contributed by atoms with Crippen LogP contribution in [0.15, 0.2) is 48.9 Å². The van der Waals surface area contributed by atoms with Crippen LogP contribution in [-0.2, 0) is 0 Å². The van der Waals surface area contributed by atoms with E-state index >= 15 is 0 Å². The number of unbranched alkanes of at least 4 members (excludes halogenated alkanes) is 2. The van der Waals surface area contributed by atoms with Crippen molar-refractivity contribution in [2.24, 2.45) is 0 Å². The van der Waals surface area contributed by atoms with Crippen LogP contribution in [0, 0.1) is 0 Å². The molecule has 2 aromatic heterocycles. The molecule has 2 heterocycles. The Hall–Kier alpha value is -3.02. The van der Waals surface area contributed by atoms with Crippen LogP contribution in [0.3, 0.4) is 0 Å². The molecule has 0 spiro atoms. The number of para-hydroxylation sites is 1. The summed E-state index contributed by atoms with van der Waals surface area (Å²) in [6, 6.07) is 9.77. The van der Waals surface area contributed by atoms with Gasteiger partial charge in [0.05, 0.1) is 16.8 Å². The molecular formula is C19H21N5O. The summed E-state index contributed by atoms with van der Waals surface area (Å²) in [5, 5.41) is 7.07. The minimum absolute atomic E-state index is 0.144. The van der Waals surface area contributed by atoms with E-state index in [0.29, 0.717) is 18.1 Å². The van der Waals surface area contributed by atoms with Crippen LogP contribution in [0.5, 0.6) is 0 Å². The van der Waals surface area contributed by atoms with Crippen molar-refractivity contribution < 1.29 is 4.79 Å². The lowest BCUT2D eigenvalue weighted by atomic mass is 10.2. The maximum atomic E-state index is 12.0. The van der Waals surface area contributed by atoms with E-state index in [0.717, 1.165) is 35.9 Å². The number of anilines is 2. The van der Waals surface area contributed by atoms with Crippen molar-refractivity contribution in [1.82, 2.24) is 20.3 Å². The van der Waals surface area contributed by atoms with Gasteiger partial charge in [0.2, 0.25) is 5.95 Å². The number of hydrogen-bond donors (Lipinski definition) is 2. The normalized spacial score (nSPS) is 10.6. The van der Waals surface area contributed by atoms with Gasteiger partial charge in [-0.05, 0) is 18.6 Å².